The van der Waals surface area contributed by atoms with Crippen LogP contribution in [0.1, 0.15) is 69.3 Å². The van der Waals surface area contributed by atoms with Crippen LogP contribution in [0, 0.1) is 0 Å². The number of hydrazone groups is 1. The maximum absolute atomic E-state index is 12.8. The van der Waals surface area contributed by atoms with Crippen molar-refractivity contribution in [1.29, 1.82) is 0 Å². The summed E-state index contributed by atoms with van der Waals surface area (Å²) >= 11 is 15.3. The fraction of sp³-hybridized carbons (Fsp3) is 0.333. The van der Waals surface area contributed by atoms with Gasteiger partial charge >= 0.3 is 12.4 Å². The molecule has 14 nitrogen and oxygen atoms in total. The van der Waals surface area contributed by atoms with Gasteiger partial charge in [0.15, 0.2) is 0 Å². The number of nitrogens with one attached hydrogen (secondary N) is 3. The number of anilines is 5. The number of benzene rings is 2. The maximum atomic E-state index is 12.8. The Morgan fingerprint density at radius 3 is 2.00 bits per heavy atom. The Kier molecular flexibility index (Phi) is 11.5. The van der Waals surface area contributed by atoms with E-state index in [9.17, 15) is 35.9 Å². The lowest BCUT2D eigenvalue weighted by Crippen LogP contribution is -2.27. The van der Waals surface area contributed by atoms with Gasteiger partial charge in [0.05, 0.1) is 38.9 Å². The second kappa shape index (κ2) is 15.7. The first-order valence-electron chi connectivity index (χ1n) is 17.4. The molecule has 23 heteroatoms. The largest absolute Gasteiger partial charge is 0.389 e. The van der Waals surface area contributed by atoms with Gasteiger partial charge in [-0.15, -0.1) is 0 Å². The summed E-state index contributed by atoms with van der Waals surface area (Å²) < 4.78 is 78.4. The van der Waals surface area contributed by atoms with E-state index in [1.54, 1.807) is 58.0 Å². The van der Waals surface area contributed by atoms with E-state index in [-0.39, 0.29) is 64.8 Å². The molecule has 0 bridgehead atoms. The van der Waals surface area contributed by atoms with Crippen LogP contribution in [-0.4, -0.2) is 59.6 Å². The van der Waals surface area contributed by atoms with E-state index in [1.165, 1.54) is 10.7 Å². The number of rotatable bonds is 8. The molecule has 5 aromatic rings. The number of halogens is 9. The summed E-state index contributed by atoms with van der Waals surface area (Å²) in [4.78, 5) is 41.2. The molecule has 0 aliphatic carbocycles. The number of nitrogens with zero attached hydrogens (tertiary/aromatic N) is 7. The van der Waals surface area contributed by atoms with Crippen LogP contribution in [0.2, 0.25) is 10.0 Å². The molecule has 312 valence electrons. The number of aryl methyl sites for hydroxylation is 1. The molecule has 5 heterocycles. The number of hydrogen-bond donors (Lipinski definition) is 5. The van der Waals surface area contributed by atoms with Crippen molar-refractivity contribution in [3.8, 4) is 5.95 Å². The summed E-state index contributed by atoms with van der Waals surface area (Å²) in [6.45, 7) is 6.78. The van der Waals surface area contributed by atoms with Gasteiger partial charge in [-0.2, -0.15) is 61.2 Å². The van der Waals surface area contributed by atoms with Gasteiger partial charge in [0, 0.05) is 51.2 Å². The van der Waals surface area contributed by atoms with Crippen LogP contribution in [-0.2, 0) is 26.8 Å². The number of carbonyl (C=O) groups excluding carboxylic acids is 2. The smallest absolute Gasteiger partial charge is 0.383 e. The highest BCUT2D eigenvalue weighted by Crippen LogP contribution is 2.41. The third kappa shape index (κ3) is 9.15. The second-order valence-electron chi connectivity index (χ2n) is 14.5. The Hall–Kier alpha value is -5.28. The van der Waals surface area contributed by atoms with E-state index in [0.29, 0.717) is 42.1 Å². The third-order valence-corrected chi connectivity index (χ3v) is 10.6. The van der Waals surface area contributed by atoms with Crippen molar-refractivity contribution in [2.45, 2.75) is 76.6 Å². The van der Waals surface area contributed by atoms with E-state index in [4.69, 9.17) is 34.7 Å². The van der Waals surface area contributed by atoms with E-state index in [2.05, 4.69) is 62.1 Å². The van der Waals surface area contributed by atoms with Gasteiger partial charge in [0.25, 0.3) is 5.95 Å². The number of hydrogen-bond acceptors (Lipinski definition) is 11. The molecular weight excluding hydrogens is 897 g/mol. The summed E-state index contributed by atoms with van der Waals surface area (Å²) in [6, 6.07) is 9.48. The first kappa shape index (κ1) is 43.3. The first-order valence-corrected chi connectivity index (χ1v) is 19.0. The molecule has 7 N–H and O–H groups in total. The number of nitrogens with two attached hydrogens (primary N) is 2. The number of aromatic nitrogens is 6. The van der Waals surface area contributed by atoms with Crippen LogP contribution in [0.5, 0.6) is 0 Å². The third-order valence-electron chi connectivity index (χ3n) is 9.44. The highest BCUT2D eigenvalue weighted by atomic mass is 79.9. The van der Waals surface area contributed by atoms with E-state index in [0.717, 1.165) is 0 Å². The summed E-state index contributed by atoms with van der Waals surface area (Å²) in [7, 11) is 0. The average Bonchev–Trinajstić information content (AvgIpc) is 3.68. The quantitative estimate of drug-likeness (QED) is 0.0569. The van der Waals surface area contributed by atoms with Crippen LogP contribution in [0.3, 0.4) is 0 Å². The number of nitrogen functional groups attached to an aromatic ring is 2. The van der Waals surface area contributed by atoms with Crippen LogP contribution in [0.25, 0.3) is 16.9 Å². The molecule has 2 aliphatic rings. The zero-order valence-corrected chi connectivity index (χ0v) is 34.4. The van der Waals surface area contributed by atoms with Crippen LogP contribution >= 0.6 is 39.1 Å². The van der Waals surface area contributed by atoms with Gasteiger partial charge in [0.2, 0.25) is 17.8 Å². The molecule has 59 heavy (non-hydrogen) atoms. The fourth-order valence-corrected chi connectivity index (χ4v) is 7.17. The molecule has 2 aliphatic heterocycles. The molecule has 0 radical (unpaired) electrons. The Labute approximate surface area is 349 Å². The van der Waals surface area contributed by atoms with Crippen molar-refractivity contribution in [3.63, 3.8) is 0 Å². The lowest BCUT2D eigenvalue weighted by Gasteiger charge is -2.16. The van der Waals surface area contributed by atoms with Crippen LogP contribution in [0.15, 0.2) is 46.0 Å². The molecular formula is C36H33BrCl2F6N12O2. The monoisotopic (exact) mass is 928 g/mol. The Morgan fingerprint density at radius 2 is 1.39 bits per heavy atom. The molecule has 3 aromatic heterocycles. The molecule has 0 unspecified atom stereocenters. The highest BCUT2D eigenvalue weighted by Gasteiger charge is 2.43. The number of carbonyl (C=O) groups is 2. The minimum Gasteiger partial charge on any atom is -0.383 e. The predicted molar refractivity (Wildman–Crippen MR) is 215 cm³/mol. The minimum absolute atomic E-state index is 0.0461. The maximum Gasteiger partial charge on any atom is 0.389 e. The van der Waals surface area contributed by atoms with Crippen LogP contribution in [0.4, 0.5) is 55.6 Å². The predicted octanol–water partition coefficient (Wildman–Crippen LogP) is 8.64. The molecule has 0 atom stereocenters. The summed E-state index contributed by atoms with van der Waals surface area (Å²) in [5.74, 6) is 0.0933. The second-order valence-corrected chi connectivity index (χ2v) is 16.2. The first-order chi connectivity index (χ1) is 27.4. The topological polar surface area (TPSA) is 204 Å². The summed E-state index contributed by atoms with van der Waals surface area (Å²) in [5.41, 5.74) is 14.9. The number of fused-ring (bicyclic) bond motifs is 3. The highest BCUT2D eigenvalue weighted by molar-refractivity contribution is 9.10. The fourth-order valence-electron chi connectivity index (χ4n) is 6.35. The van der Waals surface area contributed by atoms with Crippen molar-refractivity contribution in [3.05, 3.63) is 73.3 Å². The normalized spacial score (nSPS) is 15.6. The van der Waals surface area contributed by atoms with E-state index < -0.39 is 42.4 Å². The van der Waals surface area contributed by atoms with E-state index in [1.807, 2.05) is 0 Å². The van der Waals surface area contributed by atoms with Crippen molar-refractivity contribution in [2.75, 3.05) is 27.5 Å². The van der Waals surface area contributed by atoms with Crippen molar-refractivity contribution < 1.29 is 35.9 Å². The standard InChI is InChI=1S/C18H17BrClF3N6O.C18H16ClF3N6O/c1-17(2)12-13(24)25-16(27-14(12)26-15(17)30)29-28-11(5-6-18(21,22)23)9-7-8(20)3-4-10(9)19;1-17(2)12-13(23)24-16(26-14(12)25-15(17)29)28-11-4-3-8(19)7-9(11)10(27-28)5-6-18(20,21)22/h3-4,7H,5-6H2,1-2H3,(H4,24,25,26,27,29,30);3-4,7H,5-6H2,1-2H3,(H3,23,24,25,26,29)/b28-11+;. The van der Waals surface area contributed by atoms with Gasteiger partial charge in [0.1, 0.15) is 23.3 Å². The lowest BCUT2D eigenvalue weighted by atomic mass is 9.87. The van der Waals surface area contributed by atoms with Gasteiger partial charge in [-0.1, -0.05) is 39.1 Å². The summed E-state index contributed by atoms with van der Waals surface area (Å²) in [6.07, 6.45) is -11.5. The lowest BCUT2D eigenvalue weighted by molar-refractivity contribution is -0.134. The Bertz CT molecular complexity index is 2540. The van der Waals surface area contributed by atoms with Gasteiger partial charge in [-0.05, 0) is 64.1 Å². The molecule has 2 aromatic carbocycles. The molecule has 7 rings (SSSR count). The molecule has 0 saturated carbocycles. The summed E-state index contributed by atoms with van der Waals surface area (Å²) in [5, 5.41) is 14.8. The van der Waals surface area contributed by atoms with Gasteiger partial charge in [-0.3, -0.25) is 9.59 Å². The van der Waals surface area contributed by atoms with E-state index >= 15 is 0 Å². The molecule has 0 fully saturated rings. The average molecular weight is 931 g/mol. The van der Waals surface area contributed by atoms with Gasteiger partial charge in [-0.25, -0.2) is 5.43 Å². The minimum atomic E-state index is -4.36. The molecule has 0 spiro atoms. The van der Waals surface area contributed by atoms with Crippen molar-refractivity contribution in [2.24, 2.45) is 5.10 Å². The zero-order valence-electron chi connectivity index (χ0n) is 31.3. The number of amides is 2. The van der Waals surface area contributed by atoms with Gasteiger partial charge < -0.3 is 22.1 Å². The van der Waals surface area contributed by atoms with Crippen molar-refractivity contribution >= 4 is 96.8 Å². The zero-order chi connectivity index (χ0) is 43.4. The number of alkyl halides is 6. The Morgan fingerprint density at radius 1 is 0.831 bits per heavy atom. The Balaban J connectivity index is 0.000000198. The SMILES string of the molecule is CC1(C)C(=O)Nc2nc(-n3nc(CCC(F)(F)F)c4cc(Cl)ccc43)nc(N)c21.CC1(C)C(=O)Nc2nc(N/N=C(\CCC(F)(F)F)c3cc(Cl)ccc3Br)nc(N)c21. The van der Waals surface area contributed by atoms with Crippen LogP contribution < -0.4 is 27.5 Å². The van der Waals surface area contributed by atoms with Crippen molar-refractivity contribution in [1.82, 2.24) is 29.7 Å². The molecule has 2 amide bonds. The molecule has 0 saturated heterocycles.